The van der Waals surface area contributed by atoms with Gasteiger partial charge in [-0.05, 0) is 54.6 Å². The molecule has 0 fully saturated rings. The fraction of sp³-hybridized carbons (Fsp3) is 0.0385. The number of benzene rings is 3. The van der Waals surface area contributed by atoms with E-state index in [-0.39, 0.29) is 11.8 Å². The third kappa shape index (κ3) is 5.37. The van der Waals surface area contributed by atoms with E-state index in [9.17, 15) is 9.59 Å². The largest absolute Gasteiger partial charge is 0.355 e. The molecule has 0 aliphatic rings. The van der Waals surface area contributed by atoms with Crippen LogP contribution in [0.4, 0.5) is 17.1 Å². The predicted octanol–water partition coefficient (Wildman–Crippen LogP) is 5.01. The SMILES string of the molecule is O=C(NCc1ccccn1)c1cccc(NC(=O)c2ccccc2Nc2ccccc2)c1. The van der Waals surface area contributed by atoms with Crippen molar-refractivity contribution in [1.82, 2.24) is 10.3 Å². The molecule has 0 radical (unpaired) electrons. The van der Waals surface area contributed by atoms with Crippen LogP contribution in [0.1, 0.15) is 26.4 Å². The molecule has 1 heterocycles. The first-order valence-corrected chi connectivity index (χ1v) is 10.2. The highest BCUT2D eigenvalue weighted by atomic mass is 16.2. The van der Waals surface area contributed by atoms with E-state index in [1.165, 1.54) is 0 Å². The van der Waals surface area contributed by atoms with E-state index in [0.29, 0.717) is 29.0 Å². The zero-order valence-electron chi connectivity index (χ0n) is 17.3. The second-order valence-corrected chi connectivity index (χ2v) is 7.08. The van der Waals surface area contributed by atoms with Gasteiger partial charge in [0.25, 0.3) is 11.8 Å². The van der Waals surface area contributed by atoms with Crippen LogP contribution in [0.15, 0.2) is 103 Å². The molecule has 3 aromatic carbocycles. The lowest BCUT2D eigenvalue weighted by Crippen LogP contribution is -2.23. The number of carbonyl (C=O) groups is 2. The van der Waals surface area contributed by atoms with Crippen LogP contribution in [0.3, 0.4) is 0 Å². The van der Waals surface area contributed by atoms with Gasteiger partial charge in [0.1, 0.15) is 0 Å². The average Bonchev–Trinajstić information content (AvgIpc) is 2.84. The van der Waals surface area contributed by atoms with Crippen LogP contribution in [0.25, 0.3) is 0 Å². The van der Waals surface area contributed by atoms with Gasteiger partial charge in [0.15, 0.2) is 0 Å². The maximum absolute atomic E-state index is 13.0. The number of anilines is 3. The minimum Gasteiger partial charge on any atom is -0.355 e. The van der Waals surface area contributed by atoms with E-state index in [0.717, 1.165) is 11.4 Å². The highest BCUT2D eigenvalue weighted by molar-refractivity contribution is 6.09. The highest BCUT2D eigenvalue weighted by Gasteiger charge is 2.13. The Morgan fingerprint density at radius 1 is 0.719 bits per heavy atom. The minimum absolute atomic E-state index is 0.238. The van der Waals surface area contributed by atoms with Crippen LogP contribution >= 0.6 is 0 Å². The fourth-order valence-electron chi connectivity index (χ4n) is 3.18. The van der Waals surface area contributed by atoms with E-state index in [1.807, 2.05) is 66.7 Å². The molecule has 0 unspecified atom stereocenters. The van der Waals surface area contributed by atoms with Gasteiger partial charge in [0.2, 0.25) is 0 Å². The average molecular weight is 422 g/mol. The van der Waals surface area contributed by atoms with Crippen molar-refractivity contribution in [3.63, 3.8) is 0 Å². The Hall–Kier alpha value is -4.45. The van der Waals surface area contributed by atoms with Crippen LogP contribution in [0.5, 0.6) is 0 Å². The van der Waals surface area contributed by atoms with E-state index in [1.54, 1.807) is 36.5 Å². The molecule has 0 atom stereocenters. The number of para-hydroxylation sites is 2. The molecule has 0 bridgehead atoms. The number of carbonyl (C=O) groups excluding carboxylic acids is 2. The second kappa shape index (κ2) is 10.0. The summed E-state index contributed by atoms with van der Waals surface area (Å²) in [6.07, 6.45) is 1.68. The number of hydrogen-bond donors (Lipinski definition) is 3. The van der Waals surface area contributed by atoms with Crippen LogP contribution in [0, 0.1) is 0 Å². The van der Waals surface area contributed by atoms with Gasteiger partial charge in [-0.3, -0.25) is 14.6 Å². The highest BCUT2D eigenvalue weighted by Crippen LogP contribution is 2.22. The molecule has 6 heteroatoms. The number of aromatic nitrogens is 1. The van der Waals surface area contributed by atoms with E-state index in [2.05, 4.69) is 20.9 Å². The molecule has 0 spiro atoms. The summed E-state index contributed by atoms with van der Waals surface area (Å²) in [5.41, 5.74) is 3.85. The van der Waals surface area contributed by atoms with Crippen LogP contribution in [-0.4, -0.2) is 16.8 Å². The molecule has 0 aliphatic carbocycles. The van der Waals surface area contributed by atoms with E-state index >= 15 is 0 Å². The lowest BCUT2D eigenvalue weighted by molar-refractivity contribution is 0.0949. The quantitative estimate of drug-likeness (QED) is 0.391. The number of amides is 2. The smallest absolute Gasteiger partial charge is 0.257 e. The second-order valence-electron chi connectivity index (χ2n) is 7.08. The molecule has 32 heavy (non-hydrogen) atoms. The Morgan fingerprint density at radius 3 is 2.28 bits per heavy atom. The summed E-state index contributed by atoms with van der Waals surface area (Å²) in [7, 11) is 0. The molecule has 4 aromatic rings. The van der Waals surface area contributed by atoms with Crippen LogP contribution < -0.4 is 16.0 Å². The van der Waals surface area contributed by atoms with Gasteiger partial charge in [0.05, 0.1) is 23.5 Å². The maximum Gasteiger partial charge on any atom is 0.257 e. The van der Waals surface area contributed by atoms with Crippen molar-refractivity contribution < 1.29 is 9.59 Å². The topological polar surface area (TPSA) is 83.1 Å². The molecule has 158 valence electrons. The maximum atomic E-state index is 13.0. The molecule has 6 nitrogen and oxygen atoms in total. The molecular formula is C26H22N4O2. The summed E-state index contributed by atoms with van der Waals surface area (Å²) in [6.45, 7) is 0.328. The number of nitrogens with one attached hydrogen (secondary N) is 3. The molecule has 0 saturated heterocycles. The van der Waals surface area contributed by atoms with Crippen molar-refractivity contribution in [3.05, 3.63) is 120 Å². The monoisotopic (exact) mass is 422 g/mol. The van der Waals surface area contributed by atoms with E-state index < -0.39 is 0 Å². The van der Waals surface area contributed by atoms with Gasteiger partial charge in [-0.1, -0.05) is 42.5 Å². The number of nitrogens with zero attached hydrogens (tertiary/aromatic N) is 1. The fourth-order valence-corrected chi connectivity index (χ4v) is 3.18. The number of pyridine rings is 1. The molecule has 4 rings (SSSR count). The number of rotatable bonds is 7. The third-order valence-electron chi connectivity index (χ3n) is 4.76. The summed E-state index contributed by atoms with van der Waals surface area (Å²) in [6, 6.07) is 29.3. The van der Waals surface area contributed by atoms with Gasteiger partial charge < -0.3 is 16.0 Å². The van der Waals surface area contributed by atoms with Crippen molar-refractivity contribution in [1.29, 1.82) is 0 Å². The molecule has 0 aliphatic heterocycles. The summed E-state index contributed by atoms with van der Waals surface area (Å²) < 4.78 is 0. The number of hydrogen-bond acceptors (Lipinski definition) is 4. The Bertz CT molecular complexity index is 1210. The Kier molecular flexibility index (Phi) is 6.53. The minimum atomic E-state index is -0.268. The Balaban J connectivity index is 1.45. The van der Waals surface area contributed by atoms with Gasteiger partial charge in [-0.25, -0.2) is 0 Å². The first kappa shape index (κ1) is 20.8. The van der Waals surface area contributed by atoms with Crippen molar-refractivity contribution in [2.24, 2.45) is 0 Å². The molecule has 0 saturated carbocycles. The zero-order chi connectivity index (χ0) is 22.2. The van der Waals surface area contributed by atoms with Crippen molar-refractivity contribution >= 4 is 28.9 Å². The molecule has 3 N–H and O–H groups in total. The van der Waals surface area contributed by atoms with Crippen molar-refractivity contribution in [2.45, 2.75) is 6.54 Å². The zero-order valence-corrected chi connectivity index (χ0v) is 17.3. The van der Waals surface area contributed by atoms with Gasteiger partial charge >= 0.3 is 0 Å². The van der Waals surface area contributed by atoms with Crippen molar-refractivity contribution in [3.8, 4) is 0 Å². The van der Waals surface area contributed by atoms with Gasteiger partial charge in [-0.15, -0.1) is 0 Å². The summed E-state index contributed by atoms with van der Waals surface area (Å²) in [5.74, 6) is -0.507. The molecule has 2 amide bonds. The van der Waals surface area contributed by atoms with E-state index in [4.69, 9.17) is 0 Å². The van der Waals surface area contributed by atoms with Gasteiger partial charge in [0, 0.05) is 23.1 Å². The van der Waals surface area contributed by atoms with Crippen LogP contribution in [0.2, 0.25) is 0 Å². The predicted molar refractivity (Wildman–Crippen MR) is 126 cm³/mol. The Labute approximate surface area is 186 Å². The summed E-state index contributed by atoms with van der Waals surface area (Å²) in [5, 5.41) is 8.99. The lowest BCUT2D eigenvalue weighted by atomic mass is 10.1. The standard InChI is InChI=1S/C26H22N4O2/c31-25(28-18-22-12-6-7-16-27-22)19-9-8-13-21(17-19)30-26(32)23-14-4-5-15-24(23)29-20-10-2-1-3-11-20/h1-17,29H,18H2,(H,28,31)(H,30,32). The Morgan fingerprint density at radius 2 is 1.47 bits per heavy atom. The first-order chi connectivity index (χ1) is 15.7. The first-order valence-electron chi connectivity index (χ1n) is 10.2. The lowest BCUT2D eigenvalue weighted by Gasteiger charge is -2.13. The molecular weight excluding hydrogens is 400 g/mol. The molecule has 1 aromatic heterocycles. The van der Waals surface area contributed by atoms with Crippen molar-refractivity contribution in [2.75, 3.05) is 10.6 Å². The van der Waals surface area contributed by atoms with Gasteiger partial charge in [-0.2, -0.15) is 0 Å². The normalized spacial score (nSPS) is 10.2. The summed E-state index contributed by atoms with van der Waals surface area (Å²) >= 11 is 0. The van der Waals surface area contributed by atoms with Crippen LogP contribution in [-0.2, 0) is 6.54 Å². The summed E-state index contributed by atoms with van der Waals surface area (Å²) in [4.78, 5) is 29.7. The third-order valence-corrected chi connectivity index (χ3v) is 4.76.